The van der Waals surface area contributed by atoms with Crippen LogP contribution in [0.3, 0.4) is 0 Å². The molecule has 8 heteroatoms. The number of hydrogen-bond acceptors (Lipinski definition) is 4. The third-order valence-electron chi connectivity index (χ3n) is 5.21. The summed E-state index contributed by atoms with van der Waals surface area (Å²) in [7, 11) is 0. The van der Waals surface area contributed by atoms with Crippen molar-refractivity contribution in [3.05, 3.63) is 88.6 Å². The van der Waals surface area contributed by atoms with Crippen LogP contribution in [0, 0.1) is 13.8 Å². The summed E-state index contributed by atoms with van der Waals surface area (Å²) in [5, 5.41) is 11.8. The number of aryl methyl sites for hydroxylation is 2. The Labute approximate surface area is 177 Å². The van der Waals surface area contributed by atoms with Crippen LogP contribution in [0.25, 0.3) is 22.4 Å². The van der Waals surface area contributed by atoms with Gasteiger partial charge in [0, 0.05) is 23.6 Å². The van der Waals surface area contributed by atoms with E-state index in [1.54, 1.807) is 29.0 Å². The zero-order chi connectivity index (χ0) is 21.5. The topological polar surface area (TPSA) is 85.7 Å². The Bertz CT molecular complexity index is 1490. The van der Waals surface area contributed by atoms with Crippen molar-refractivity contribution >= 4 is 22.8 Å². The number of nitrogens with zero attached hydrogens (tertiary/aromatic N) is 5. The molecule has 0 aliphatic carbocycles. The van der Waals surface area contributed by atoms with Crippen LogP contribution in [-0.4, -0.2) is 29.7 Å². The first-order valence-electron chi connectivity index (χ1n) is 9.90. The molecular weight excluding hydrogens is 392 g/mol. The highest BCUT2D eigenvalue weighted by Gasteiger charge is 2.16. The highest BCUT2D eigenvalue weighted by Crippen LogP contribution is 2.25. The van der Waals surface area contributed by atoms with E-state index in [0.29, 0.717) is 16.9 Å². The molecule has 1 amide bonds. The second kappa shape index (κ2) is 7.24. The summed E-state index contributed by atoms with van der Waals surface area (Å²) < 4.78 is 4.30. The van der Waals surface area contributed by atoms with Crippen molar-refractivity contribution in [1.82, 2.24) is 23.8 Å². The molecule has 1 N–H and O–H groups in total. The minimum Gasteiger partial charge on any atom is -0.324 e. The van der Waals surface area contributed by atoms with Crippen LogP contribution < -0.4 is 11.0 Å². The first-order chi connectivity index (χ1) is 15.0. The number of nitrogens with one attached hydrogen (secondary N) is 1. The predicted molar refractivity (Wildman–Crippen MR) is 118 cm³/mol. The minimum absolute atomic E-state index is 0.181. The number of anilines is 1. The van der Waals surface area contributed by atoms with E-state index in [4.69, 9.17) is 0 Å². The van der Waals surface area contributed by atoms with Gasteiger partial charge in [0.2, 0.25) is 5.91 Å². The van der Waals surface area contributed by atoms with Gasteiger partial charge in [0.1, 0.15) is 12.1 Å². The van der Waals surface area contributed by atoms with E-state index in [1.807, 2.05) is 38.1 Å². The fourth-order valence-corrected chi connectivity index (χ4v) is 3.64. The Balaban J connectivity index is 1.54. The fourth-order valence-electron chi connectivity index (χ4n) is 3.64. The van der Waals surface area contributed by atoms with Crippen molar-refractivity contribution in [2.24, 2.45) is 0 Å². The van der Waals surface area contributed by atoms with Crippen LogP contribution in [0.4, 0.5) is 5.69 Å². The van der Waals surface area contributed by atoms with Crippen molar-refractivity contribution in [1.29, 1.82) is 0 Å². The number of fused-ring (bicyclic) bond motifs is 3. The molecule has 0 atom stereocenters. The standard InChI is InChI=1S/C23H20N6O2/c1-15-8-9-16(2)18(12-15)19-13-20-22-26-29(23(31)27(22)10-11-28(20)25-19)14-21(30)24-17-6-4-3-5-7-17/h3-13H,14H2,1-2H3,(H,24,30). The third kappa shape index (κ3) is 3.38. The van der Waals surface area contributed by atoms with Crippen LogP contribution in [0.1, 0.15) is 11.1 Å². The van der Waals surface area contributed by atoms with E-state index in [2.05, 4.69) is 33.7 Å². The number of aromatic nitrogens is 5. The smallest absolute Gasteiger partial charge is 0.324 e. The number of benzene rings is 2. The molecule has 0 aliphatic heterocycles. The second-order valence-corrected chi connectivity index (χ2v) is 7.52. The van der Waals surface area contributed by atoms with E-state index >= 15 is 0 Å². The molecule has 31 heavy (non-hydrogen) atoms. The Morgan fingerprint density at radius 2 is 1.81 bits per heavy atom. The van der Waals surface area contributed by atoms with E-state index in [0.717, 1.165) is 27.1 Å². The van der Waals surface area contributed by atoms with E-state index in [9.17, 15) is 9.59 Å². The first kappa shape index (κ1) is 18.8. The maximum absolute atomic E-state index is 12.8. The van der Waals surface area contributed by atoms with Crippen molar-refractivity contribution in [2.45, 2.75) is 20.4 Å². The molecule has 3 aromatic heterocycles. The molecule has 0 saturated carbocycles. The van der Waals surface area contributed by atoms with Crippen LogP contribution in [-0.2, 0) is 11.3 Å². The largest absolute Gasteiger partial charge is 0.350 e. The molecule has 0 unspecified atom stereocenters. The molecule has 5 aromatic rings. The van der Waals surface area contributed by atoms with Gasteiger partial charge in [0.25, 0.3) is 0 Å². The normalized spacial score (nSPS) is 11.3. The summed E-state index contributed by atoms with van der Waals surface area (Å²) in [6.07, 6.45) is 3.33. The number of rotatable bonds is 4. The molecule has 3 heterocycles. The fraction of sp³-hybridized carbons (Fsp3) is 0.130. The SMILES string of the molecule is Cc1ccc(C)c(-c2cc3c4nn(CC(=O)Nc5ccccc5)c(=O)n4ccn3n2)c1. The average molecular weight is 412 g/mol. The van der Waals surface area contributed by atoms with E-state index in [-0.39, 0.29) is 18.1 Å². The molecule has 0 fully saturated rings. The lowest BCUT2D eigenvalue weighted by molar-refractivity contribution is -0.117. The van der Waals surface area contributed by atoms with Gasteiger partial charge in [-0.1, -0.05) is 35.9 Å². The summed E-state index contributed by atoms with van der Waals surface area (Å²) in [5.74, 6) is -0.322. The average Bonchev–Trinajstić information content (AvgIpc) is 3.32. The zero-order valence-electron chi connectivity index (χ0n) is 17.1. The van der Waals surface area contributed by atoms with Gasteiger partial charge in [-0.15, -0.1) is 5.10 Å². The van der Waals surface area contributed by atoms with Crippen LogP contribution in [0.2, 0.25) is 0 Å². The highest BCUT2D eigenvalue weighted by molar-refractivity contribution is 5.90. The summed E-state index contributed by atoms with van der Waals surface area (Å²) in [6.45, 7) is 3.90. The minimum atomic E-state index is -0.379. The van der Waals surface area contributed by atoms with Gasteiger partial charge >= 0.3 is 5.69 Å². The zero-order valence-corrected chi connectivity index (χ0v) is 17.1. The summed E-state index contributed by atoms with van der Waals surface area (Å²) >= 11 is 0. The van der Waals surface area contributed by atoms with Gasteiger partial charge < -0.3 is 5.32 Å². The molecule has 0 spiro atoms. The highest BCUT2D eigenvalue weighted by atomic mass is 16.2. The van der Waals surface area contributed by atoms with Gasteiger partial charge in [-0.05, 0) is 43.7 Å². The van der Waals surface area contributed by atoms with Crippen molar-refractivity contribution in [3.8, 4) is 11.3 Å². The van der Waals surface area contributed by atoms with Gasteiger partial charge in [0.05, 0.1) is 5.69 Å². The van der Waals surface area contributed by atoms with Gasteiger partial charge in [-0.2, -0.15) is 5.10 Å². The summed E-state index contributed by atoms with van der Waals surface area (Å²) in [5.41, 5.74) is 5.53. The van der Waals surface area contributed by atoms with Crippen LogP contribution in [0.5, 0.6) is 0 Å². The molecule has 0 bridgehead atoms. The number of carbonyl (C=O) groups is 1. The molecule has 5 rings (SSSR count). The van der Waals surface area contributed by atoms with Gasteiger partial charge in [0.15, 0.2) is 5.65 Å². The van der Waals surface area contributed by atoms with Crippen molar-refractivity contribution < 1.29 is 4.79 Å². The number of carbonyl (C=O) groups excluding carboxylic acids is 1. The Morgan fingerprint density at radius 1 is 1.00 bits per heavy atom. The van der Waals surface area contributed by atoms with Crippen molar-refractivity contribution in [2.75, 3.05) is 5.32 Å². The lowest BCUT2D eigenvalue weighted by Crippen LogP contribution is -2.28. The number of para-hydroxylation sites is 1. The monoisotopic (exact) mass is 412 g/mol. The Morgan fingerprint density at radius 3 is 2.61 bits per heavy atom. The van der Waals surface area contributed by atoms with Crippen LogP contribution >= 0.6 is 0 Å². The third-order valence-corrected chi connectivity index (χ3v) is 5.21. The molecule has 154 valence electrons. The lowest BCUT2D eigenvalue weighted by atomic mass is 10.0. The maximum Gasteiger partial charge on any atom is 0.350 e. The number of hydrogen-bond donors (Lipinski definition) is 1. The lowest BCUT2D eigenvalue weighted by Gasteiger charge is -2.03. The van der Waals surface area contributed by atoms with E-state index < -0.39 is 0 Å². The first-order valence-corrected chi connectivity index (χ1v) is 9.90. The molecule has 2 aromatic carbocycles. The summed E-state index contributed by atoms with van der Waals surface area (Å²) in [4.78, 5) is 25.2. The quantitative estimate of drug-likeness (QED) is 0.492. The van der Waals surface area contributed by atoms with Gasteiger partial charge in [-0.3, -0.25) is 4.79 Å². The Kier molecular flexibility index (Phi) is 4.39. The molecular formula is C23H20N6O2. The molecule has 0 radical (unpaired) electrons. The summed E-state index contributed by atoms with van der Waals surface area (Å²) in [6, 6.07) is 17.2. The van der Waals surface area contributed by atoms with Crippen molar-refractivity contribution in [3.63, 3.8) is 0 Å². The maximum atomic E-state index is 12.8. The van der Waals surface area contributed by atoms with Gasteiger partial charge in [-0.25, -0.2) is 18.4 Å². The Hall–Kier alpha value is -4.20. The second-order valence-electron chi connectivity index (χ2n) is 7.52. The molecule has 0 saturated heterocycles. The molecule has 8 nitrogen and oxygen atoms in total. The van der Waals surface area contributed by atoms with Crippen LogP contribution in [0.15, 0.2) is 71.8 Å². The molecule has 0 aliphatic rings. The van der Waals surface area contributed by atoms with E-state index in [1.165, 1.54) is 4.40 Å². The number of amides is 1. The predicted octanol–water partition coefficient (Wildman–Crippen LogP) is 3.07.